The van der Waals surface area contributed by atoms with Gasteiger partial charge in [-0.3, -0.25) is 14.4 Å². The van der Waals surface area contributed by atoms with Crippen LogP contribution in [0.2, 0.25) is 0 Å². The van der Waals surface area contributed by atoms with Crippen molar-refractivity contribution in [3.63, 3.8) is 0 Å². The first-order valence-electron chi connectivity index (χ1n) is 5.91. The average molecular weight is 262 g/mol. The molecule has 1 saturated heterocycles. The van der Waals surface area contributed by atoms with Crippen LogP contribution in [-0.2, 0) is 20.8 Å². The molecule has 1 aliphatic rings. The number of nitrogens with one attached hydrogen (secondary N) is 2. The number of amides is 2. The molecular weight excluding hydrogens is 248 g/mol. The Morgan fingerprint density at radius 3 is 2.63 bits per heavy atom. The second-order valence-corrected chi connectivity index (χ2v) is 4.40. The first kappa shape index (κ1) is 13.1. The number of hydrogen-bond donors (Lipinski definition) is 3. The Morgan fingerprint density at radius 2 is 2.00 bits per heavy atom. The number of benzene rings is 1. The highest BCUT2D eigenvalue weighted by molar-refractivity contribution is 5.97. The number of carboxylic acid groups (broad SMARTS) is 1. The zero-order valence-electron chi connectivity index (χ0n) is 10.1. The maximum absolute atomic E-state index is 11.7. The summed E-state index contributed by atoms with van der Waals surface area (Å²) in [5.41, 5.74) is 0.808. The summed E-state index contributed by atoms with van der Waals surface area (Å²) < 4.78 is 0. The highest BCUT2D eigenvalue weighted by Crippen LogP contribution is 2.15. The van der Waals surface area contributed by atoms with Crippen molar-refractivity contribution < 1.29 is 19.5 Å². The maximum atomic E-state index is 11.7. The van der Waals surface area contributed by atoms with Crippen molar-refractivity contribution in [2.24, 2.45) is 5.92 Å². The first-order valence-corrected chi connectivity index (χ1v) is 5.91. The monoisotopic (exact) mass is 262 g/mol. The van der Waals surface area contributed by atoms with Crippen LogP contribution in [-0.4, -0.2) is 35.5 Å². The molecule has 2 unspecified atom stereocenters. The summed E-state index contributed by atoms with van der Waals surface area (Å²) in [6, 6.07) is 7.98. The standard InChI is InChI=1S/C13H14N2O4/c16-10-7-14-12(17)11(15-10)9(13(18)19)6-8-4-2-1-3-5-8/h1-5,9,11H,6-7H2,(H,14,17)(H,15,16)(H,18,19). The summed E-state index contributed by atoms with van der Waals surface area (Å²) in [5, 5.41) is 14.1. The molecule has 1 heterocycles. The molecule has 6 heteroatoms. The van der Waals surface area contributed by atoms with E-state index in [4.69, 9.17) is 0 Å². The van der Waals surface area contributed by atoms with Crippen LogP contribution < -0.4 is 10.6 Å². The van der Waals surface area contributed by atoms with E-state index in [1.54, 1.807) is 24.3 Å². The van der Waals surface area contributed by atoms with Gasteiger partial charge in [-0.1, -0.05) is 30.3 Å². The molecule has 100 valence electrons. The van der Waals surface area contributed by atoms with Crippen molar-refractivity contribution >= 4 is 17.8 Å². The molecule has 1 aromatic carbocycles. The fourth-order valence-corrected chi connectivity index (χ4v) is 2.07. The van der Waals surface area contributed by atoms with Crippen molar-refractivity contribution in [2.75, 3.05) is 6.54 Å². The van der Waals surface area contributed by atoms with Crippen molar-refractivity contribution in [2.45, 2.75) is 12.5 Å². The third kappa shape index (κ3) is 3.09. The molecule has 0 bridgehead atoms. The summed E-state index contributed by atoms with van der Waals surface area (Å²) in [5.74, 6) is -2.91. The SMILES string of the molecule is O=C1CNC(=O)C(C(Cc2ccccc2)C(=O)O)N1. The van der Waals surface area contributed by atoms with Crippen LogP contribution in [0.5, 0.6) is 0 Å². The lowest BCUT2D eigenvalue weighted by molar-refractivity contribution is -0.147. The van der Waals surface area contributed by atoms with Gasteiger partial charge in [0.2, 0.25) is 11.8 Å². The molecule has 1 fully saturated rings. The van der Waals surface area contributed by atoms with Crippen molar-refractivity contribution in [1.82, 2.24) is 10.6 Å². The first-order chi connectivity index (χ1) is 9.08. The summed E-state index contributed by atoms with van der Waals surface area (Å²) in [4.78, 5) is 34.3. The van der Waals surface area contributed by atoms with Crippen molar-refractivity contribution in [1.29, 1.82) is 0 Å². The smallest absolute Gasteiger partial charge is 0.309 e. The van der Waals surface area contributed by atoms with Gasteiger partial charge >= 0.3 is 5.97 Å². The van der Waals surface area contributed by atoms with Gasteiger partial charge in [0, 0.05) is 0 Å². The van der Waals surface area contributed by atoms with Gasteiger partial charge in [0.05, 0.1) is 12.5 Å². The molecule has 1 aliphatic heterocycles. The van der Waals surface area contributed by atoms with E-state index in [9.17, 15) is 19.5 Å². The Kier molecular flexibility index (Phi) is 3.79. The summed E-state index contributed by atoms with van der Waals surface area (Å²) in [7, 11) is 0. The van der Waals surface area contributed by atoms with Crippen LogP contribution in [0.1, 0.15) is 5.56 Å². The molecule has 19 heavy (non-hydrogen) atoms. The van der Waals surface area contributed by atoms with Gasteiger partial charge < -0.3 is 15.7 Å². The number of carbonyl (C=O) groups is 3. The second kappa shape index (κ2) is 5.51. The normalized spacial score (nSPS) is 20.3. The lowest BCUT2D eigenvalue weighted by atomic mass is 9.90. The molecule has 6 nitrogen and oxygen atoms in total. The van der Waals surface area contributed by atoms with Gasteiger partial charge in [-0.15, -0.1) is 0 Å². The Hall–Kier alpha value is -2.37. The number of carboxylic acids is 1. The van der Waals surface area contributed by atoms with E-state index in [-0.39, 0.29) is 18.9 Å². The van der Waals surface area contributed by atoms with Crippen LogP contribution >= 0.6 is 0 Å². The van der Waals surface area contributed by atoms with E-state index in [1.807, 2.05) is 6.07 Å². The Bertz CT molecular complexity index is 501. The van der Waals surface area contributed by atoms with E-state index in [2.05, 4.69) is 10.6 Å². The molecule has 0 aliphatic carbocycles. The molecule has 0 radical (unpaired) electrons. The quantitative estimate of drug-likeness (QED) is 0.684. The molecule has 0 aromatic heterocycles. The largest absolute Gasteiger partial charge is 0.481 e. The fourth-order valence-electron chi connectivity index (χ4n) is 2.07. The predicted octanol–water partition coefficient (Wildman–Crippen LogP) is -0.455. The van der Waals surface area contributed by atoms with Crippen LogP contribution in [0.4, 0.5) is 0 Å². The lowest BCUT2D eigenvalue weighted by Gasteiger charge is -2.28. The van der Waals surface area contributed by atoms with Crippen LogP contribution in [0.25, 0.3) is 0 Å². The minimum atomic E-state index is -1.11. The van der Waals surface area contributed by atoms with Crippen molar-refractivity contribution in [3.05, 3.63) is 35.9 Å². The van der Waals surface area contributed by atoms with Gasteiger partial charge in [0.25, 0.3) is 0 Å². The van der Waals surface area contributed by atoms with Crippen LogP contribution in [0.15, 0.2) is 30.3 Å². The third-order valence-electron chi connectivity index (χ3n) is 3.04. The van der Waals surface area contributed by atoms with E-state index in [1.165, 1.54) is 0 Å². The molecule has 2 rings (SSSR count). The number of hydrogen-bond acceptors (Lipinski definition) is 3. The minimum absolute atomic E-state index is 0.104. The number of carbonyl (C=O) groups excluding carboxylic acids is 2. The maximum Gasteiger partial charge on any atom is 0.309 e. The Morgan fingerprint density at radius 1 is 1.32 bits per heavy atom. The van der Waals surface area contributed by atoms with Crippen molar-refractivity contribution in [3.8, 4) is 0 Å². The highest BCUT2D eigenvalue weighted by atomic mass is 16.4. The zero-order valence-corrected chi connectivity index (χ0v) is 10.1. The van der Waals surface area contributed by atoms with Crippen LogP contribution in [0.3, 0.4) is 0 Å². The molecule has 2 atom stereocenters. The summed E-state index contributed by atoms with van der Waals surface area (Å²) in [6.07, 6.45) is 0.189. The summed E-state index contributed by atoms with van der Waals surface area (Å²) >= 11 is 0. The topological polar surface area (TPSA) is 95.5 Å². The van der Waals surface area contributed by atoms with Gasteiger partial charge in [-0.2, -0.15) is 0 Å². The molecule has 2 amide bonds. The molecular formula is C13H14N2O4. The number of piperazine rings is 1. The second-order valence-electron chi connectivity index (χ2n) is 4.40. The highest BCUT2D eigenvalue weighted by Gasteiger charge is 2.37. The fraction of sp³-hybridized carbons (Fsp3) is 0.308. The number of rotatable bonds is 4. The van der Waals surface area contributed by atoms with Crippen LogP contribution in [0, 0.1) is 5.92 Å². The van der Waals surface area contributed by atoms with E-state index in [0.29, 0.717) is 0 Å². The Labute approximate surface area is 109 Å². The summed E-state index contributed by atoms with van der Waals surface area (Å²) in [6.45, 7) is -0.104. The molecule has 0 spiro atoms. The molecule has 1 aromatic rings. The van der Waals surface area contributed by atoms with Gasteiger partial charge in [0.1, 0.15) is 6.04 Å². The average Bonchev–Trinajstić information content (AvgIpc) is 2.40. The zero-order chi connectivity index (χ0) is 13.8. The minimum Gasteiger partial charge on any atom is -0.481 e. The molecule has 0 saturated carbocycles. The van der Waals surface area contributed by atoms with E-state index >= 15 is 0 Å². The van der Waals surface area contributed by atoms with Gasteiger partial charge in [-0.25, -0.2) is 0 Å². The molecule has 3 N–H and O–H groups in total. The Balaban J connectivity index is 2.18. The third-order valence-corrected chi connectivity index (χ3v) is 3.04. The number of aliphatic carboxylic acids is 1. The predicted molar refractivity (Wildman–Crippen MR) is 66.2 cm³/mol. The van der Waals surface area contributed by atoms with Gasteiger partial charge in [-0.05, 0) is 12.0 Å². The van der Waals surface area contributed by atoms with E-state index < -0.39 is 23.8 Å². The lowest BCUT2D eigenvalue weighted by Crippen LogP contribution is -2.60. The van der Waals surface area contributed by atoms with Gasteiger partial charge in [0.15, 0.2) is 0 Å². The van der Waals surface area contributed by atoms with E-state index in [0.717, 1.165) is 5.56 Å².